The van der Waals surface area contributed by atoms with Gasteiger partial charge in [-0.05, 0) is 80.4 Å². The van der Waals surface area contributed by atoms with Gasteiger partial charge in [-0.3, -0.25) is 0 Å². The predicted molar refractivity (Wildman–Crippen MR) is 178 cm³/mol. The molecule has 0 aliphatic carbocycles. The first-order valence-corrected chi connectivity index (χ1v) is 15.2. The van der Waals surface area contributed by atoms with Crippen LogP contribution in [0.2, 0.25) is 0 Å². The van der Waals surface area contributed by atoms with Crippen molar-refractivity contribution in [1.29, 1.82) is 0 Å². The van der Waals surface area contributed by atoms with E-state index in [0.717, 1.165) is 22.7 Å². The van der Waals surface area contributed by atoms with Crippen LogP contribution < -0.4 is 20.5 Å². The second-order valence-corrected chi connectivity index (χ2v) is 11.8. The maximum Gasteiger partial charge on any atom is 0.431 e. The number of fused-ring (bicyclic) bond motifs is 6. The lowest BCUT2D eigenvalue weighted by Gasteiger charge is -2.40. The van der Waals surface area contributed by atoms with Crippen LogP contribution in [0, 0.1) is 0 Å². The molecule has 7 aromatic rings. The lowest BCUT2D eigenvalue weighted by atomic mass is 9.49. The molecule has 42 heavy (non-hydrogen) atoms. The smallest absolute Gasteiger partial charge is 0.431 e. The maximum atomic E-state index is 6.92. The van der Waals surface area contributed by atoms with E-state index < -0.39 is 0 Å². The number of para-hydroxylation sites is 1. The highest BCUT2D eigenvalue weighted by Gasteiger charge is 2.43. The average Bonchev–Trinajstić information content (AvgIpc) is 3.54. The summed E-state index contributed by atoms with van der Waals surface area (Å²) in [5.41, 5.74) is 13.2. The summed E-state index contributed by atoms with van der Waals surface area (Å²) in [6.07, 6.45) is 0. The number of nitrogens with zero attached hydrogens (tertiary/aromatic N) is 1. The zero-order valence-corrected chi connectivity index (χ0v) is 23.5. The molecular formula is C38H24BNOS. The Morgan fingerprint density at radius 1 is 0.571 bits per heavy atom. The maximum absolute atomic E-state index is 6.92. The van der Waals surface area contributed by atoms with Gasteiger partial charge in [0.1, 0.15) is 5.75 Å². The fourth-order valence-electron chi connectivity index (χ4n) is 6.62. The van der Waals surface area contributed by atoms with Crippen molar-refractivity contribution in [3.63, 3.8) is 0 Å². The van der Waals surface area contributed by atoms with Gasteiger partial charge >= 0.3 is 6.92 Å². The normalized spacial score (nSPS) is 12.9. The molecule has 2 nitrogen and oxygen atoms in total. The van der Waals surface area contributed by atoms with Gasteiger partial charge in [-0.15, -0.1) is 11.3 Å². The number of rotatable bonds is 3. The largest absolute Gasteiger partial charge is 0.551 e. The summed E-state index contributed by atoms with van der Waals surface area (Å²) >= 11 is 1.80. The lowest BCUT2D eigenvalue weighted by Crippen LogP contribution is -2.56. The first-order chi connectivity index (χ1) is 20.8. The van der Waals surface area contributed by atoms with Gasteiger partial charge in [0.15, 0.2) is 0 Å². The molecule has 2 aliphatic rings. The zero-order chi connectivity index (χ0) is 27.6. The zero-order valence-electron chi connectivity index (χ0n) is 22.7. The Kier molecular flexibility index (Phi) is 5.20. The van der Waals surface area contributed by atoms with Crippen molar-refractivity contribution in [2.75, 3.05) is 4.90 Å². The van der Waals surface area contributed by atoms with Crippen molar-refractivity contribution >= 4 is 56.3 Å². The molecule has 0 bridgehead atoms. The second kappa shape index (κ2) is 9.23. The molecule has 1 aromatic heterocycles. The Bertz CT molecular complexity index is 2120. The summed E-state index contributed by atoms with van der Waals surface area (Å²) in [6, 6.07) is 50.1. The summed E-state index contributed by atoms with van der Waals surface area (Å²) in [7, 11) is 0. The van der Waals surface area contributed by atoms with Crippen LogP contribution in [0.3, 0.4) is 0 Å². The third-order valence-corrected chi connectivity index (χ3v) is 9.49. The topological polar surface area (TPSA) is 12.5 Å². The number of hydrogen-bond acceptors (Lipinski definition) is 3. The molecular weight excluding hydrogens is 529 g/mol. The highest BCUT2D eigenvalue weighted by molar-refractivity contribution is 7.18. The SMILES string of the molecule is c1ccc(-c2ccc(N3c4ccc(-c5ccccc5)cc4B4Oc5ccccc5-c5cc6ccsc6c3c54)cc2)cc1. The minimum absolute atomic E-state index is 0.199. The Morgan fingerprint density at radius 3 is 2.02 bits per heavy atom. The molecule has 0 amide bonds. The van der Waals surface area contributed by atoms with Crippen LogP contribution in [0.1, 0.15) is 0 Å². The Morgan fingerprint density at radius 2 is 1.24 bits per heavy atom. The number of anilines is 3. The molecule has 0 atom stereocenters. The molecule has 4 heteroatoms. The van der Waals surface area contributed by atoms with Gasteiger partial charge in [0.05, 0.1) is 10.4 Å². The Labute approximate surface area is 249 Å². The van der Waals surface area contributed by atoms with Crippen molar-refractivity contribution in [1.82, 2.24) is 0 Å². The number of thiophene rings is 1. The highest BCUT2D eigenvalue weighted by Crippen LogP contribution is 2.47. The molecule has 0 saturated carbocycles. The summed E-state index contributed by atoms with van der Waals surface area (Å²) in [6.45, 7) is -0.199. The molecule has 2 aliphatic heterocycles. The average molecular weight is 553 g/mol. The fraction of sp³-hybridized carbons (Fsp3) is 0. The lowest BCUT2D eigenvalue weighted by molar-refractivity contribution is 0.590. The van der Waals surface area contributed by atoms with Gasteiger partial charge in [-0.2, -0.15) is 0 Å². The molecule has 0 spiro atoms. The van der Waals surface area contributed by atoms with Crippen molar-refractivity contribution < 1.29 is 4.65 Å². The second-order valence-electron chi connectivity index (χ2n) is 10.9. The first kappa shape index (κ1) is 23.6. The molecule has 6 aromatic carbocycles. The minimum Gasteiger partial charge on any atom is -0.551 e. The summed E-state index contributed by atoms with van der Waals surface area (Å²) in [5.74, 6) is 0.937. The van der Waals surface area contributed by atoms with Crippen molar-refractivity contribution in [2.45, 2.75) is 0 Å². The van der Waals surface area contributed by atoms with Gasteiger partial charge in [0, 0.05) is 22.4 Å². The molecule has 196 valence electrons. The van der Waals surface area contributed by atoms with Gasteiger partial charge in [-0.1, -0.05) is 103 Å². The van der Waals surface area contributed by atoms with E-state index in [2.05, 4.69) is 150 Å². The quantitative estimate of drug-likeness (QED) is 0.202. The van der Waals surface area contributed by atoms with Crippen molar-refractivity contribution in [3.8, 4) is 39.1 Å². The molecule has 3 heterocycles. The van der Waals surface area contributed by atoms with Crippen LogP contribution >= 0.6 is 11.3 Å². The summed E-state index contributed by atoms with van der Waals surface area (Å²) in [4.78, 5) is 2.46. The molecule has 0 N–H and O–H groups in total. The summed E-state index contributed by atoms with van der Waals surface area (Å²) < 4.78 is 8.21. The van der Waals surface area contributed by atoms with Crippen molar-refractivity contribution in [3.05, 3.63) is 145 Å². The molecule has 0 saturated heterocycles. The van der Waals surface area contributed by atoms with E-state index in [4.69, 9.17) is 4.65 Å². The Hall–Kier alpha value is -5.06. The summed E-state index contributed by atoms with van der Waals surface area (Å²) in [5, 5.41) is 3.47. The van der Waals surface area contributed by atoms with E-state index in [1.54, 1.807) is 11.3 Å². The molecule has 0 fully saturated rings. The van der Waals surface area contributed by atoms with Gasteiger partial charge < -0.3 is 9.55 Å². The molecule has 0 radical (unpaired) electrons. The highest BCUT2D eigenvalue weighted by atomic mass is 32.1. The van der Waals surface area contributed by atoms with Crippen LogP contribution in [0.25, 0.3) is 43.5 Å². The monoisotopic (exact) mass is 553 g/mol. The van der Waals surface area contributed by atoms with E-state index in [1.165, 1.54) is 54.5 Å². The predicted octanol–water partition coefficient (Wildman–Crippen LogP) is 9.18. The van der Waals surface area contributed by atoms with Gasteiger partial charge in [0.2, 0.25) is 0 Å². The first-order valence-electron chi connectivity index (χ1n) is 14.3. The standard InChI is InChI=1S/C38H24BNOS/c1-3-9-25(10-4-1)27-15-18-30(19-16-27)40-34-20-17-28(26-11-5-2-6-12-26)24-33(34)39-36-32(31-13-7-8-14-35(31)41-39)23-29-21-22-42-38(29)37(36)40/h1-24H. The fourth-order valence-corrected chi connectivity index (χ4v) is 7.54. The van der Waals surface area contributed by atoms with Crippen LogP contribution in [-0.2, 0) is 0 Å². The number of benzene rings is 6. The van der Waals surface area contributed by atoms with Crippen LogP contribution in [0.4, 0.5) is 17.1 Å². The van der Waals surface area contributed by atoms with Crippen molar-refractivity contribution in [2.24, 2.45) is 0 Å². The van der Waals surface area contributed by atoms with E-state index in [-0.39, 0.29) is 6.92 Å². The van der Waals surface area contributed by atoms with Gasteiger partial charge in [0.25, 0.3) is 0 Å². The van der Waals surface area contributed by atoms with E-state index in [9.17, 15) is 0 Å². The van der Waals surface area contributed by atoms with E-state index in [0.29, 0.717) is 0 Å². The van der Waals surface area contributed by atoms with Crippen LogP contribution in [0.5, 0.6) is 5.75 Å². The van der Waals surface area contributed by atoms with Crippen LogP contribution in [0.15, 0.2) is 145 Å². The van der Waals surface area contributed by atoms with Gasteiger partial charge in [-0.25, -0.2) is 0 Å². The van der Waals surface area contributed by atoms with Crippen LogP contribution in [-0.4, -0.2) is 6.92 Å². The van der Waals surface area contributed by atoms with E-state index >= 15 is 0 Å². The molecule has 9 rings (SSSR count). The third kappa shape index (κ3) is 3.52. The third-order valence-electron chi connectivity index (χ3n) is 8.55. The molecule has 0 unspecified atom stereocenters. The number of hydrogen-bond donors (Lipinski definition) is 0. The minimum atomic E-state index is -0.199. The van der Waals surface area contributed by atoms with E-state index in [1.807, 2.05) is 0 Å². The Balaban J connectivity index is 1.32.